The molecule has 1 heterocycles. The SMILES string of the molecule is COC(=O)c1c(N)c(C#N)cn1-c1ccc([N+](=O)[O-])cc1C(=O)c1ccccc1Cl. The topological polar surface area (TPSA) is 141 Å². The molecule has 0 aliphatic rings. The molecule has 150 valence electrons. The molecule has 2 N–H and O–H groups in total. The number of halogens is 1. The lowest BCUT2D eigenvalue weighted by molar-refractivity contribution is -0.384. The Kier molecular flexibility index (Phi) is 5.53. The highest BCUT2D eigenvalue weighted by Crippen LogP contribution is 2.31. The number of hydrogen-bond donors (Lipinski definition) is 1. The van der Waals surface area contributed by atoms with E-state index in [1.54, 1.807) is 12.1 Å². The number of nitrogen functional groups attached to an aromatic ring is 1. The number of nitro benzene ring substituents is 1. The first-order valence-corrected chi connectivity index (χ1v) is 8.75. The molecule has 0 unspecified atom stereocenters. The highest BCUT2D eigenvalue weighted by Gasteiger charge is 2.26. The summed E-state index contributed by atoms with van der Waals surface area (Å²) in [4.78, 5) is 36.1. The number of nitro groups is 1. The van der Waals surface area contributed by atoms with Crippen molar-refractivity contribution in [2.45, 2.75) is 0 Å². The number of hydrogen-bond acceptors (Lipinski definition) is 7. The zero-order valence-electron chi connectivity index (χ0n) is 15.5. The first kappa shape index (κ1) is 20.6. The second-order valence-electron chi connectivity index (χ2n) is 6.05. The van der Waals surface area contributed by atoms with Gasteiger partial charge in [-0.1, -0.05) is 23.7 Å². The van der Waals surface area contributed by atoms with Crippen molar-refractivity contribution in [3.05, 3.63) is 86.2 Å². The number of carbonyl (C=O) groups excluding carboxylic acids is 2. The summed E-state index contributed by atoms with van der Waals surface area (Å²) in [5, 5.41) is 20.7. The molecule has 10 heteroatoms. The Hall–Kier alpha value is -4.16. The quantitative estimate of drug-likeness (QED) is 0.286. The molecule has 0 saturated heterocycles. The first-order chi connectivity index (χ1) is 14.3. The fourth-order valence-corrected chi connectivity index (χ4v) is 3.15. The normalized spacial score (nSPS) is 10.3. The van der Waals surface area contributed by atoms with Crippen molar-refractivity contribution >= 4 is 34.7 Å². The molecule has 0 bridgehead atoms. The van der Waals surface area contributed by atoms with E-state index in [1.807, 2.05) is 6.07 Å². The number of methoxy groups -OCH3 is 1. The number of esters is 1. The van der Waals surface area contributed by atoms with Crippen LogP contribution in [0.3, 0.4) is 0 Å². The number of rotatable bonds is 5. The number of nitrogens with zero attached hydrogens (tertiary/aromatic N) is 3. The van der Waals surface area contributed by atoms with Crippen LogP contribution in [-0.2, 0) is 4.74 Å². The maximum Gasteiger partial charge on any atom is 0.357 e. The zero-order valence-corrected chi connectivity index (χ0v) is 16.2. The number of nitriles is 1. The Bertz CT molecular complexity index is 1240. The molecule has 0 fully saturated rings. The van der Waals surface area contributed by atoms with Gasteiger partial charge in [-0.05, 0) is 18.2 Å². The summed E-state index contributed by atoms with van der Waals surface area (Å²) in [6.07, 6.45) is 1.26. The summed E-state index contributed by atoms with van der Waals surface area (Å²) in [6, 6.07) is 11.6. The smallest absolute Gasteiger partial charge is 0.357 e. The molecule has 2 aromatic carbocycles. The number of anilines is 1. The summed E-state index contributed by atoms with van der Waals surface area (Å²) < 4.78 is 5.94. The van der Waals surface area contributed by atoms with Crippen LogP contribution in [0.1, 0.15) is 32.0 Å². The molecular weight excluding hydrogens is 412 g/mol. The number of ketones is 1. The molecule has 0 aliphatic carbocycles. The fraction of sp³-hybridized carbons (Fsp3) is 0.0500. The fourth-order valence-electron chi connectivity index (χ4n) is 2.92. The number of aromatic nitrogens is 1. The van der Waals surface area contributed by atoms with Gasteiger partial charge in [-0.3, -0.25) is 14.9 Å². The van der Waals surface area contributed by atoms with Crippen molar-refractivity contribution in [1.29, 1.82) is 5.26 Å². The van der Waals surface area contributed by atoms with Crippen molar-refractivity contribution in [1.82, 2.24) is 4.57 Å². The van der Waals surface area contributed by atoms with Gasteiger partial charge in [0.15, 0.2) is 11.5 Å². The van der Waals surface area contributed by atoms with Gasteiger partial charge in [-0.2, -0.15) is 5.26 Å². The number of nitrogens with two attached hydrogens (primary N) is 1. The van der Waals surface area contributed by atoms with E-state index in [-0.39, 0.29) is 44.5 Å². The van der Waals surface area contributed by atoms with Gasteiger partial charge in [0.1, 0.15) is 6.07 Å². The molecule has 0 aliphatic heterocycles. The summed E-state index contributed by atoms with van der Waals surface area (Å²) in [7, 11) is 1.14. The lowest BCUT2D eigenvalue weighted by atomic mass is 10.0. The third-order valence-electron chi connectivity index (χ3n) is 4.36. The Morgan fingerprint density at radius 3 is 2.53 bits per heavy atom. The van der Waals surface area contributed by atoms with Crippen LogP contribution in [0, 0.1) is 21.4 Å². The van der Waals surface area contributed by atoms with Crippen LogP contribution in [-0.4, -0.2) is 28.4 Å². The van der Waals surface area contributed by atoms with E-state index in [2.05, 4.69) is 0 Å². The number of carbonyl (C=O) groups is 2. The number of non-ortho nitro benzene ring substituents is 1. The first-order valence-electron chi connectivity index (χ1n) is 8.37. The van der Waals surface area contributed by atoms with E-state index in [1.165, 1.54) is 35.0 Å². The third kappa shape index (κ3) is 3.47. The highest BCUT2D eigenvalue weighted by molar-refractivity contribution is 6.35. The van der Waals surface area contributed by atoms with Gasteiger partial charge in [-0.15, -0.1) is 0 Å². The average molecular weight is 425 g/mol. The van der Waals surface area contributed by atoms with Crippen LogP contribution < -0.4 is 5.73 Å². The van der Waals surface area contributed by atoms with Crippen molar-refractivity contribution in [3.63, 3.8) is 0 Å². The van der Waals surface area contributed by atoms with E-state index in [0.717, 1.165) is 13.2 Å². The van der Waals surface area contributed by atoms with Crippen LogP contribution in [0.25, 0.3) is 5.69 Å². The standard InChI is InChI=1S/C20H13ClN4O5/c1-30-20(27)18-17(23)11(9-22)10-24(18)16-7-6-12(25(28)29)8-14(16)19(26)13-4-2-3-5-15(13)21/h2-8,10H,23H2,1H3. The molecule has 0 saturated carbocycles. The van der Waals surface area contributed by atoms with E-state index in [0.29, 0.717) is 0 Å². The Labute approximate surface area is 175 Å². The van der Waals surface area contributed by atoms with Crippen molar-refractivity contribution in [3.8, 4) is 11.8 Å². The lowest BCUT2D eigenvalue weighted by Crippen LogP contribution is -2.14. The molecule has 0 radical (unpaired) electrons. The second kappa shape index (κ2) is 8.06. The zero-order chi connectivity index (χ0) is 22.0. The maximum atomic E-state index is 13.2. The summed E-state index contributed by atoms with van der Waals surface area (Å²) in [5.41, 5.74) is 5.32. The van der Waals surface area contributed by atoms with Crippen LogP contribution in [0.2, 0.25) is 5.02 Å². The Morgan fingerprint density at radius 1 is 1.23 bits per heavy atom. The molecule has 0 amide bonds. The molecule has 3 rings (SSSR count). The Balaban J connectivity index is 2.34. The van der Waals surface area contributed by atoms with Crippen molar-refractivity contribution in [2.75, 3.05) is 12.8 Å². The molecular formula is C20H13ClN4O5. The van der Waals surface area contributed by atoms with Gasteiger partial charge >= 0.3 is 5.97 Å². The van der Waals surface area contributed by atoms with Gasteiger partial charge in [0.25, 0.3) is 5.69 Å². The van der Waals surface area contributed by atoms with E-state index in [4.69, 9.17) is 22.1 Å². The van der Waals surface area contributed by atoms with E-state index >= 15 is 0 Å². The predicted octanol–water partition coefficient (Wildman–Crippen LogP) is 3.51. The number of benzene rings is 2. The third-order valence-corrected chi connectivity index (χ3v) is 4.69. The monoisotopic (exact) mass is 424 g/mol. The second-order valence-corrected chi connectivity index (χ2v) is 6.45. The molecule has 0 atom stereocenters. The predicted molar refractivity (Wildman–Crippen MR) is 108 cm³/mol. The largest absolute Gasteiger partial charge is 0.464 e. The van der Waals surface area contributed by atoms with Crippen LogP contribution in [0.15, 0.2) is 48.7 Å². The van der Waals surface area contributed by atoms with Gasteiger partial charge in [0.05, 0.1) is 39.6 Å². The van der Waals surface area contributed by atoms with Gasteiger partial charge in [0, 0.05) is 23.9 Å². The van der Waals surface area contributed by atoms with Crippen molar-refractivity contribution < 1.29 is 19.2 Å². The highest BCUT2D eigenvalue weighted by atomic mass is 35.5. The molecule has 0 spiro atoms. The molecule has 1 aromatic heterocycles. The minimum Gasteiger partial charge on any atom is -0.464 e. The van der Waals surface area contributed by atoms with Gasteiger partial charge < -0.3 is 15.0 Å². The summed E-state index contributed by atoms with van der Waals surface area (Å²) >= 11 is 6.13. The van der Waals surface area contributed by atoms with E-state index < -0.39 is 16.7 Å². The Morgan fingerprint density at radius 2 is 1.93 bits per heavy atom. The van der Waals surface area contributed by atoms with Crippen LogP contribution in [0.5, 0.6) is 0 Å². The van der Waals surface area contributed by atoms with Gasteiger partial charge in [0.2, 0.25) is 0 Å². The van der Waals surface area contributed by atoms with Gasteiger partial charge in [-0.25, -0.2) is 4.79 Å². The molecule has 3 aromatic rings. The van der Waals surface area contributed by atoms with Crippen molar-refractivity contribution in [2.24, 2.45) is 0 Å². The van der Waals surface area contributed by atoms with Crippen LogP contribution in [0.4, 0.5) is 11.4 Å². The summed E-state index contributed by atoms with van der Waals surface area (Å²) in [5.74, 6) is -1.45. The molecule has 30 heavy (non-hydrogen) atoms. The lowest BCUT2D eigenvalue weighted by Gasteiger charge is -2.13. The minimum atomic E-state index is -0.844. The minimum absolute atomic E-state index is 0.0232. The van der Waals surface area contributed by atoms with E-state index in [9.17, 15) is 25.0 Å². The van der Waals surface area contributed by atoms with Crippen LogP contribution >= 0.6 is 11.6 Å². The number of ether oxygens (including phenoxy) is 1. The maximum absolute atomic E-state index is 13.2. The average Bonchev–Trinajstić information content (AvgIpc) is 3.08. The summed E-state index contributed by atoms with van der Waals surface area (Å²) in [6.45, 7) is 0. The molecule has 9 nitrogen and oxygen atoms in total.